The number of carbonyl (C=O) groups is 1. The third-order valence-corrected chi connectivity index (χ3v) is 6.55. The third-order valence-electron chi connectivity index (χ3n) is 5.66. The van der Waals surface area contributed by atoms with Crippen LogP contribution in [0.25, 0.3) is 6.08 Å². The normalized spacial score (nSPS) is 10.9. The van der Waals surface area contributed by atoms with Crippen molar-refractivity contribution in [1.29, 1.82) is 5.26 Å². The van der Waals surface area contributed by atoms with Gasteiger partial charge < -0.3 is 19.5 Å². The van der Waals surface area contributed by atoms with Crippen molar-refractivity contribution >= 4 is 52.5 Å². The van der Waals surface area contributed by atoms with E-state index in [2.05, 4.69) is 5.32 Å². The first-order valence-corrected chi connectivity index (χ1v) is 13.1. The van der Waals surface area contributed by atoms with Crippen LogP contribution in [-0.2, 0) is 18.0 Å². The molecule has 0 aliphatic rings. The molecule has 4 aromatic rings. The van der Waals surface area contributed by atoms with Gasteiger partial charge in [-0.05, 0) is 71.8 Å². The van der Waals surface area contributed by atoms with Crippen LogP contribution in [0.2, 0.25) is 15.1 Å². The van der Waals surface area contributed by atoms with Gasteiger partial charge >= 0.3 is 0 Å². The molecule has 0 spiro atoms. The number of hydrogen-bond donors (Lipinski definition) is 1. The van der Waals surface area contributed by atoms with Crippen molar-refractivity contribution in [3.8, 4) is 23.3 Å². The zero-order valence-electron chi connectivity index (χ0n) is 21.3. The molecular formula is C31H23Cl3N2O4. The van der Waals surface area contributed by atoms with Gasteiger partial charge in [0, 0.05) is 21.3 Å². The maximum absolute atomic E-state index is 12.8. The Kier molecular flexibility index (Phi) is 9.93. The number of nitrogens with one attached hydrogen (secondary N) is 1. The molecule has 1 N–H and O–H groups in total. The largest absolute Gasteiger partial charge is 0.493 e. The Bertz CT molecular complexity index is 1580. The minimum atomic E-state index is -0.580. The second-order valence-electron chi connectivity index (χ2n) is 8.48. The Morgan fingerprint density at radius 2 is 1.68 bits per heavy atom. The topological polar surface area (TPSA) is 80.6 Å². The standard InChI is InChI=1S/C31H23Cl3N2O4/c1-38-29-16-21(15-28(34)30(29)40-18-20-5-4-7-24(32)14-20)13-23(17-35)31(37)36-25-9-11-26(12-10-25)39-19-22-6-2-3-8-27(22)33/h2-16H,18-19H2,1H3,(H,36,37)/b23-13+. The Labute approximate surface area is 247 Å². The van der Waals surface area contributed by atoms with E-state index in [1.807, 2.05) is 36.4 Å². The highest BCUT2D eigenvalue weighted by Crippen LogP contribution is 2.37. The summed E-state index contributed by atoms with van der Waals surface area (Å²) in [6, 6.07) is 26.6. The molecule has 1 amide bonds. The Hall–Kier alpha value is -4.15. The summed E-state index contributed by atoms with van der Waals surface area (Å²) in [6.45, 7) is 0.532. The van der Waals surface area contributed by atoms with Crippen LogP contribution in [0.4, 0.5) is 5.69 Å². The first kappa shape index (κ1) is 28.8. The summed E-state index contributed by atoms with van der Waals surface area (Å²) >= 11 is 18.7. The number of hydrogen-bond acceptors (Lipinski definition) is 5. The number of anilines is 1. The molecule has 0 saturated heterocycles. The first-order valence-electron chi connectivity index (χ1n) is 12.0. The lowest BCUT2D eigenvalue weighted by molar-refractivity contribution is -0.112. The van der Waals surface area contributed by atoms with Crippen LogP contribution in [0.5, 0.6) is 17.2 Å². The number of rotatable bonds is 10. The van der Waals surface area contributed by atoms with Crippen molar-refractivity contribution in [1.82, 2.24) is 0 Å². The number of nitrogens with zero attached hydrogens (tertiary/aromatic N) is 1. The molecule has 0 heterocycles. The molecule has 9 heteroatoms. The first-order chi connectivity index (χ1) is 19.4. The summed E-state index contributed by atoms with van der Waals surface area (Å²) in [7, 11) is 1.48. The lowest BCUT2D eigenvalue weighted by Crippen LogP contribution is -2.13. The van der Waals surface area contributed by atoms with Gasteiger partial charge in [0.2, 0.25) is 0 Å². The molecule has 0 aliphatic heterocycles. The lowest BCUT2D eigenvalue weighted by atomic mass is 10.1. The second-order valence-corrected chi connectivity index (χ2v) is 9.73. The summed E-state index contributed by atoms with van der Waals surface area (Å²) in [5.41, 5.74) is 2.59. The average Bonchev–Trinajstić information content (AvgIpc) is 2.95. The Balaban J connectivity index is 1.42. The fourth-order valence-electron chi connectivity index (χ4n) is 3.67. The van der Waals surface area contributed by atoms with Crippen LogP contribution in [0, 0.1) is 11.3 Å². The van der Waals surface area contributed by atoms with E-state index >= 15 is 0 Å². The SMILES string of the molecule is COc1cc(/C=C(\C#N)C(=O)Nc2ccc(OCc3ccccc3Cl)cc2)cc(Cl)c1OCc1cccc(Cl)c1. The smallest absolute Gasteiger partial charge is 0.266 e. The average molecular weight is 594 g/mol. The molecule has 0 bridgehead atoms. The minimum absolute atomic E-state index is 0.121. The maximum Gasteiger partial charge on any atom is 0.266 e. The number of methoxy groups -OCH3 is 1. The molecular weight excluding hydrogens is 571 g/mol. The van der Waals surface area contributed by atoms with Crippen LogP contribution in [0.15, 0.2) is 90.5 Å². The molecule has 6 nitrogen and oxygen atoms in total. The van der Waals surface area contributed by atoms with E-state index in [0.717, 1.165) is 11.1 Å². The quantitative estimate of drug-likeness (QED) is 0.148. The van der Waals surface area contributed by atoms with Gasteiger partial charge in [-0.15, -0.1) is 0 Å². The van der Waals surface area contributed by atoms with Crippen molar-refractivity contribution in [2.24, 2.45) is 0 Å². The lowest BCUT2D eigenvalue weighted by Gasteiger charge is -2.14. The minimum Gasteiger partial charge on any atom is -0.493 e. The van der Waals surface area contributed by atoms with E-state index in [-0.39, 0.29) is 17.2 Å². The van der Waals surface area contributed by atoms with Gasteiger partial charge in [-0.2, -0.15) is 5.26 Å². The monoisotopic (exact) mass is 592 g/mol. The third kappa shape index (κ3) is 7.71. The Morgan fingerprint density at radius 3 is 2.38 bits per heavy atom. The fourth-order valence-corrected chi connectivity index (χ4v) is 4.35. The maximum atomic E-state index is 12.8. The predicted octanol–water partition coefficient (Wildman–Crippen LogP) is 8.36. The molecule has 0 saturated carbocycles. The fraction of sp³-hybridized carbons (Fsp3) is 0.0968. The molecule has 4 aromatic carbocycles. The van der Waals surface area contributed by atoms with Crippen molar-refractivity contribution in [3.63, 3.8) is 0 Å². The van der Waals surface area contributed by atoms with Gasteiger partial charge in [-0.25, -0.2) is 0 Å². The summed E-state index contributed by atoms with van der Waals surface area (Å²) in [5, 5.41) is 13.9. The van der Waals surface area contributed by atoms with E-state index in [9.17, 15) is 10.1 Å². The molecule has 0 atom stereocenters. The Morgan fingerprint density at radius 1 is 0.900 bits per heavy atom. The highest BCUT2D eigenvalue weighted by atomic mass is 35.5. The summed E-state index contributed by atoms with van der Waals surface area (Å²) in [6.07, 6.45) is 1.42. The molecule has 4 rings (SSSR count). The van der Waals surface area contributed by atoms with Gasteiger partial charge in [0.1, 0.15) is 30.6 Å². The second kappa shape index (κ2) is 13.8. The van der Waals surface area contributed by atoms with E-state index in [4.69, 9.17) is 49.0 Å². The van der Waals surface area contributed by atoms with Gasteiger partial charge in [-0.1, -0.05) is 65.1 Å². The van der Waals surface area contributed by atoms with Crippen molar-refractivity contribution < 1.29 is 19.0 Å². The van der Waals surface area contributed by atoms with E-state index in [1.54, 1.807) is 54.6 Å². The number of nitriles is 1. The zero-order valence-corrected chi connectivity index (χ0v) is 23.6. The molecule has 0 fully saturated rings. The van der Waals surface area contributed by atoms with Crippen molar-refractivity contribution in [3.05, 3.63) is 122 Å². The van der Waals surface area contributed by atoms with Crippen LogP contribution in [-0.4, -0.2) is 13.0 Å². The number of halogens is 3. The summed E-state index contributed by atoms with van der Waals surface area (Å²) in [5.74, 6) is 0.712. The summed E-state index contributed by atoms with van der Waals surface area (Å²) in [4.78, 5) is 12.8. The van der Waals surface area contributed by atoms with Crippen LogP contribution in [0.1, 0.15) is 16.7 Å². The summed E-state index contributed by atoms with van der Waals surface area (Å²) < 4.78 is 17.1. The van der Waals surface area contributed by atoms with Gasteiger partial charge in [0.25, 0.3) is 5.91 Å². The van der Waals surface area contributed by atoms with Crippen LogP contribution in [0.3, 0.4) is 0 Å². The number of ether oxygens (including phenoxy) is 3. The predicted molar refractivity (Wildman–Crippen MR) is 158 cm³/mol. The van der Waals surface area contributed by atoms with Crippen LogP contribution >= 0.6 is 34.8 Å². The van der Waals surface area contributed by atoms with Crippen molar-refractivity contribution in [2.75, 3.05) is 12.4 Å². The molecule has 0 unspecified atom stereocenters. The number of benzene rings is 4. The highest BCUT2D eigenvalue weighted by molar-refractivity contribution is 6.32. The van der Waals surface area contributed by atoms with Crippen molar-refractivity contribution in [2.45, 2.75) is 13.2 Å². The number of amides is 1. The van der Waals surface area contributed by atoms with Gasteiger partial charge in [0.15, 0.2) is 11.5 Å². The van der Waals surface area contributed by atoms with Gasteiger partial charge in [0.05, 0.1) is 12.1 Å². The molecule has 202 valence electrons. The number of carbonyl (C=O) groups excluding carboxylic acids is 1. The highest BCUT2D eigenvalue weighted by Gasteiger charge is 2.15. The molecule has 0 radical (unpaired) electrons. The molecule has 0 aromatic heterocycles. The van der Waals surface area contributed by atoms with E-state index in [0.29, 0.717) is 45.2 Å². The van der Waals surface area contributed by atoms with Gasteiger partial charge in [-0.3, -0.25) is 4.79 Å². The zero-order chi connectivity index (χ0) is 28.5. The van der Waals surface area contributed by atoms with E-state index in [1.165, 1.54) is 13.2 Å². The molecule has 0 aliphatic carbocycles. The molecule has 40 heavy (non-hydrogen) atoms. The van der Waals surface area contributed by atoms with Crippen LogP contribution < -0.4 is 19.5 Å². The van der Waals surface area contributed by atoms with E-state index < -0.39 is 5.91 Å².